The van der Waals surface area contributed by atoms with Crippen molar-refractivity contribution in [3.63, 3.8) is 0 Å². The number of aliphatic hydroxyl groups is 1. The van der Waals surface area contributed by atoms with Crippen LogP contribution in [-0.2, 0) is 10.3 Å². The first kappa shape index (κ1) is 20.8. The predicted molar refractivity (Wildman–Crippen MR) is 115 cm³/mol. The minimum absolute atomic E-state index is 0.113. The molecule has 1 N–H and O–H groups in total. The molecule has 4 rings (SSSR count). The van der Waals surface area contributed by atoms with Crippen molar-refractivity contribution in [2.75, 3.05) is 46.9 Å². The molecule has 5 atom stereocenters. The minimum Gasteiger partial charge on any atom is -0.494 e. The lowest BCUT2D eigenvalue weighted by Crippen LogP contribution is -2.63. The molecule has 8 heteroatoms. The lowest BCUT2D eigenvalue weighted by Gasteiger charge is -2.46. The summed E-state index contributed by atoms with van der Waals surface area (Å²) in [4.78, 5) is 4.52. The van der Waals surface area contributed by atoms with E-state index in [2.05, 4.69) is 36.5 Å². The van der Waals surface area contributed by atoms with E-state index in [4.69, 9.17) is 18.9 Å². The first-order chi connectivity index (χ1) is 13.5. The smallest absolute Gasteiger partial charge is 0.191 e. The summed E-state index contributed by atoms with van der Waals surface area (Å²) in [7, 11) is 7.01. The lowest BCUT2D eigenvalue weighted by atomic mass is 9.84. The van der Waals surface area contributed by atoms with Gasteiger partial charge in [0.1, 0.15) is 11.4 Å². The van der Waals surface area contributed by atoms with Gasteiger partial charge in [-0.25, -0.2) is 0 Å². The third-order valence-electron chi connectivity index (χ3n) is 6.96. The Labute approximate surface area is 174 Å². The van der Waals surface area contributed by atoms with Crippen LogP contribution in [0, 0.1) is 6.92 Å². The van der Waals surface area contributed by atoms with E-state index in [1.54, 1.807) is 28.4 Å². The first-order valence-corrected chi connectivity index (χ1v) is 13.8. The third kappa shape index (κ3) is 2.34. The number of rotatable bonds is 6. The van der Waals surface area contributed by atoms with E-state index < -0.39 is 19.4 Å². The highest BCUT2D eigenvalue weighted by molar-refractivity contribution is 6.76. The predicted octanol–water partition coefficient (Wildman–Crippen LogP) is 2.41. The molecule has 0 radical (unpaired) electrons. The molecule has 7 nitrogen and oxygen atoms in total. The van der Waals surface area contributed by atoms with Gasteiger partial charge in [0.15, 0.2) is 17.2 Å². The standard InChI is InChI=1S/C21H34N2O5Si/c1-12-16(25-3)15-14(18(27-5)17(12)26-4)20(24,11-29(7,8)9)21(28-6)19-13(22(19)2)10-23(15)21/h13,19,24H,10-11H2,1-9H3/t13-,19-,20-,21-,22?/m0/s1. The SMILES string of the molecule is COc1c(C)c(OC)c2c(c1OC)[C@@](O)(C[Si](C)(C)C)[C@@]1(OC)[C@@H]3[C@H](CN21)N3C. The molecule has 3 aliphatic rings. The highest BCUT2D eigenvalue weighted by Crippen LogP contribution is 2.69. The van der Waals surface area contributed by atoms with Gasteiger partial charge in [0.25, 0.3) is 0 Å². The number of methoxy groups -OCH3 is 4. The van der Waals surface area contributed by atoms with Crippen molar-refractivity contribution in [3.8, 4) is 17.2 Å². The maximum Gasteiger partial charge on any atom is 0.191 e. The van der Waals surface area contributed by atoms with Crippen molar-refractivity contribution in [1.82, 2.24) is 4.90 Å². The molecule has 2 fully saturated rings. The van der Waals surface area contributed by atoms with Crippen LogP contribution in [0.5, 0.6) is 17.2 Å². The molecule has 1 unspecified atom stereocenters. The third-order valence-corrected chi connectivity index (χ3v) is 8.53. The Kier molecular flexibility index (Phi) is 4.48. The summed E-state index contributed by atoms with van der Waals surface area (Å²) >= 11 is 0. The van der Waals surface area contributed by atoms with E-state index in [-0.39, 0.29) is 6.04 Å². The Morgan fingerprint density at radius 2 is 1.62 bits per heavy atom. The van der Waals surface area contributed by atoms with Crippen LogP contribution in [0.4, 0.5) is 5.69 Å². The van der Waals surface area contributed by atoms with Gasteiger partial charge < -0.3 is 29.0 Å². The number of ether oxygens (including phenoxy) is 4. The van der Waals surface area contributed by atoms with Gasteiger partial charge in [-0.1, -0.05) is 19.6 Å². The second kappa shape index (κ2) is 6.26. The van der Waals surface area contributed by atoms with Crippen LogP contribution < -0.4 is 19.1 Å². The zero-order chi connectivity index (χ0) is 21.5. The van der Waals surface area contributed by atoms with Gasteiger partial charge in [0.05, 0.1) is 38.6 Å². The first-order valence-electron chi connectivity index (χ1n) is 10.1. The van der Waals surface area contributed by atoms with Gasteiger partial charge >= 0.3 is 0 Å². The summed E-state index contributed by atoms with van der Waals surface area (Å²) in [5.41, 5.74) is 0.356. The molecule has 1 aromatic rings. The van der Waals surface area contributed by atoms with E-state index in [1.807, 2.05) is 6.92 Å². The molecule has 0 aromatic heterocycles. The summed E-state index contributed by atoms with van der Waals surface area (Å²) in [5, 5.41) is 12.6. The fourth-order valence-electron chi connectivity index (χ4n) is 6.05. The zero-order valence-electron chi connectivity index (χ0n) is 19.0. The van der Waals surface area contributed by atoms with Gasteiger partial charge in [-0.3, -0.25) is 4.90 Å². The number of piperazine rings is 1. The van der Waals surface area contributed by atoms with E-state index >= 15 is 0 Å². The summed E-state index contributed by atoms with van der Waals surface area (Å²) in [5.74, 6) is 1.90. The second-order valence-electron chi connectivity index (χ2n) is 9.73. The van der Waals surface area contributed by atoms with Crippen LogP contribution in [0.1, 0.15) is 11.1 Å². The normalized spacial score (nSPS) is 34.6. The van der Waals surface area contributed by atoms with Crippen molar-refractivity contribution < 1.29 is 24.1 Å². The number of hydrogen-bond donors (Lipinski definition) is 1. The van der Waals surface area contributed by atoms with Gasteiger partial charge in [-0.15, -0.1) is 0 Å². The van der Waals surface area contributed by atoms with E-state index in [0.717, 1.165) is 29.1 Å². The Bertz CT molecular complexity index is 857. The van der Waals surface area contributed by atoms with Crippen LogP contribution >= 0.6 is 0 Å². The molecule has 0 spiro atoms. The molecule has 0 aliphatic carbocycles. The fourth-order valence-corrected chi connectivity index (χ4v) is 8.02. The molecule has 0 saturated carbocycles. The highest BCUT2D eigenvalue weighted by Gasteiger charge is 2.79. The molecule has 2 saturated heterocycles. The highest BCUT2D eigenvalue weighted by atomic mass is 28.3. The second-order valence-corrected chi connectivity index (χ2v) is 15.2. The average Bonchev–Trinajstić information content (AvgIpc) is 3.05. The average molecular weight is 423 g/mol. The van der Waals surface area contributed by atoms with Crippen molar-refractivity contribution in [3.05, 3.63) is 11.1 Å². The molecule has 0 bridgehead atoms. The summed E-state index contributed by atoms with van der Waals surface area (Å²) in [6.45, 7) is 9.56. The largest absolute Gasteiger partial charge is 0.494 e. The van der Waals surface area contributed by atoms with Crippen molar-refractivity contribution in [1.29, 1.82) is 0 Å². The summed E-state index contributed by atoms with van der Waals surface area (Å²) in [6, 6.07) is 1.11. The Morgan fingerprint density at radius 3 is 2.10 bits per heavy atom. The Balaban J connectivity index is 2.10. The Hall–Kier alpha value is -1.48. The number of hydrogen-bond acceptors (Lipinski definition) is 7. The summed E-state index contributed by atoms with van der Waals surface area (Å²) < 4.78 is 23.8. The Morgan fingerprint density at radius 1 is 1.03 bits per heavy atom. The van der Waals surface area contributed by atoms with E-state index in [0.29, 0.717) is 23.6 Å². The molecule has 162 valence electrons. The number of nitrogens with zero attached hydrogens (tertiary/aromatic N) is 2. The van der Waals surface area contributed by atoms with Crippen LogP contribution in [0.25, 0.3) is 0 Å². The molecule has 0 amide bonds. The fraction of sp³-hybridized carbons (Fsp3) is 0.714. The van der Waals surface area contributed by atoms with Gasteiger partial charge in [0.2, 0.25) is 0 Å². The molecule has 3 heterocycles. The minimum atomic E-state index is -1.74. The zero-order valence-corrected chi connectivity index (χ0v) is 20.0. The van der Waals surface area contributed by atoms with Crippen LogP contribution in [0.15, 0.2) is 0 Å². The molecule has 29 heavy (non-hydrogen) atoms. The van der Waals surface area contributed by atoms with Crippen LogP contribution in [-0.4, -0.2) is 77.9 Å². The monoisotopic (exact) mass is 422 g/mol. The maximum absolute atomic E-state index is 12.6. The number of benzene rings is 1. The lowest BCUT2D eigenvalue weighted by molar-refractivity contribution is -0.158. The molecular weight excluding hydrogens is 388 g/mol. The van der Waals surface area contributed by atoms with Crippen molar-refractivity contribution >= 4 is 13.8 Å². The van der Waals surface area contributed by atoms with Gasteiger partial charge in [0, 0.05) is 33.3 Å². The van der Waals surface area contributed by atoms with Crippen molar-refractivity contribution in [2.24, 2.45) is 0 Å². The molecule has 3 aliphatic heterocycles. The van der Waals surface area contributed by atoms with Crippen molar-refractivity contribution in [2.45, 2.75) is 56.0 Å². The number of anilines is 1. The van der Waals surface area contributed by atoms with E-state index in [1.165, 1.54) is 0 Å². The summed E-state index contributed by atoms with van der Waals surface area (Å²) in [6.07, 6.45) is 0. The van der Waals surface area contributed by atoms with Crippen LogP contribution in [0.2, 0.25) is 25.7 Å². The van der Waals surface area contributed by atoms with Gasteiger partial charge in [-0.2, -0.15) is 0 Å². The van der Waals surface area contributed by atoms with Crippen LogP contribution in [0.3, 0.4) is 0 Å². The number of fused-ring (bicyclic) bond motifs is 5. The quantitative estimate of drug-likeness (QED) is 0.558. The number of likely N-dealkylation sites (N-methyl/N-ethyl adjacent to an activating group) is 1. The topological polar surface area (TPSA) is 63.4 Å². The van der Waals surface area contributed by atoms with E-state index in [9.17, 15) is 5.11 Å². The molecule has 1 aromatic carbocycles. The maximum atomic E-state index is 12.6. The van der Waals surface area contributed by atoms with Gasteiger partial charge in [-0.05, 0) is 20.0 Å². The molecular formula is C21H34N2O5Si.